The molecule has 4 rings (SSSR count). The van der Waals surface area contributed by atoms with Gasteiger partial charge < -0.3 is 15.0 Å². The lowest BCUT2D eigenvalue weighted by atomic mass is 9.89. The van der Waals surface area contributed by atoms with Gasteiger partial charge in [0.2, 0.25) is 0 Å². The number of benzene rings is 1. The molecule has 0 bridgehead atoms. The van der Waals surface area contributed by atoms with E-state index in [1.807, 2.05) is 24.0 Å². The molecule has 3 aromatic rings. The zero-order valence-corrected chi connectivity index (χ0v) is 19.8. The van der Waals surface area contributed by atoms with Crippen LogP contribution in [0, 0.1) is 0 Å². The third-order valence-electron chi connectivity index (χ3n) is 5.85. The van der Waals surface area contributed by atoms with Gasteiger partial charge in [-0.15, -0.1) is 0 Å². The SMILES string of the molecule is CCN(C=NC)CC(Oc1ccc2c(c1NC(=O)c1cnccn1)CCCC2=O)c1cccnc1. The highest BCUT2D eigenvalue weighted by atomic mass is 16.5. The van der Waals surface area contributed by atoms with E-state index in [-0.39, 0.29) is 11.5 Å². The van der Waals surface area contributed by atoms with Crippen LogP contribution in [0.15, 0.2) is 60.2 Å². The molecule has 2 aromatic heterocycles. The maximum absolute atomic E-state index is 13.0. The Morgan fingerprint density at radius 3 is 2.77 bits per heavy atom. The van der Waals surface area contributed by atoms with Gasteiger partial charge >= 0.3 is 0 Å². The molecule has 1 N–H and O–H groups in total. The smallest absolute Gasteiger partial charge is 0.275 e. The van der Waals surface area contributed by atoms with E-state index in [4.69, 9.17) is 4.74 Å². The van der Waals surface area contributed by atoms with Gasteiger partial charge in [-0.3, -0.25) is 24.5 Å². The van der Waals surface area contributed by atoms with Gasteiger partial charge in [0.1, 0.15) is 17.5 Å². The van der Waals surface area contributed by atoms with E-state index in [2.05, 4.69) is 25.3 Å². The van der Waals surface area contributed by atoms with Crippen LogP contribution in [0.2, 0.25) is 0 Å². The summed E-state index contributed by atoms with van der Waals surface area (Å²) < 4.78 is 6.54. The second kappa shape index (κ2) is 11.3. The molecule has 1 aliphatic rings. The Labute approximate surface area is 204 Å². The molecule has 1 atom stereocenters. The molecule has 35 heavy (non-hydrogen) atoms. The fourth-order valence-corrected chi connectivity index (χ4v) is 4.10. The summed E-state index contributed by atoms with van der Waals surface area (Å²) >= 11 is 0. The van der Waals surface area contributed by atoms with E-state index < -0.39 is 12.0 Å². The molecule has 9 heteroatoms. The van der Waals surface area contributed by atoms with Crippen LogP contribution < -0.4 is 10.1 Å². The average molecular weight is 473 g/mol. The lowest BCUT2D eigenvalue weighted by Gasteiger charge is -2.28. The van der Waals surface area contributed by atoms with E-state index >= 15 is 0 Å². The second-order valence-corrected chi connectivity index (χ2v) is 8.14. The number of nitrogens with one attached hydrogen (secondary N) is 1. The Bertz CT molecular complexity index is 1200. The van der Waals surface area contributed by atoms with Crippen LogP contribution in [0.1, 0.15) is 57.8 Å². The van der Waals surface area contributed by atoms with E-state index in [0.717, 1.165) is 17.7 Å². The highest BCUT2D eigenvalue weighted by Gasteiger charge is 2.26. The first-order valence-electron chi connectivity index (χ1n) is 11.6. The van der Waals surface area contributed by atoms with Gasteiger partial charge in [0, 0.05) is 55.9 Å². The molecule has 0 aliphatic heterocycles. The number of ketones is 1. The van der Waals surface area contributed by atoms with E-state index in [1.165, 1.54) is 18.6 Å². The van der Waals surface area contributed by atoms with Crippen LogP contribution in [0.5, 0.6) is 5.75 Å². The van der Waals surface area contributed by atoms with Crippen LogP contribution in [-0.2, 0) is 6.42 Å². The highest BCUT2D eigenvalue weighted by Crippen LogP contribution is 2.38. The molecule has 1 amide bonds. The van der Waals surface area contributed by atoms with Gasteiger partial charge in [-0.25, -0.2) is 4.98 Å². The van der Waals surface area contributed by atoms with Crippen molar-refractivity contribution < 1.29 is 14.3 Å². The topological polar surface area (TPSA) is 110 Å². The number of fused-ring (bicyclic) bond motifs is 1. The molecule has 1 aromatic carbocycles. The minimum Gasteiger partial charge on any atom is -0.482 e. The number of hydrogen-bond acceptors (Lipinski definition) is 7. The molecular weight excluding hydrogens is 444 g/mol. The van der Waals surface area contributed by atoms with Crippen LogP contribution in [-0.4, -0.2) is 58.0 Å². The van der Waals surface area contributed by atoms with Crippen LogP contribution in [0.25, 0.3) is 0 Å². The van der Waals surface area contributed by atoms with Crippen molar-refractivity contribution >= 4 is 23.7 Å². The number of aromatic nitrogens is 3. The van der Waals surface area contributed by atoms with Crippen molar-refractivity contribution in [1.82, 2.24) is 19.9 Å². The molecule has 1 aliphatic carbocycles. The molecule has 2 heterocycles. The number of aliphatic imine (C=N–C) groups is 1. The Hall–Kier alpha value is -4.14. The lowest BCUT2D eigenvalue weighted by molar-refractivity contribution is 0.0969. The minimum atomic E-state index is -0.416. The van der Waals surface area contributed by atoms with Gasteiger partial charge in [0.25, 0.3) is 5.91 Å². The zero-order valence-electron chi connectivity index (χ0n) is 19.8. The van der Waals surface area contributed by atoms with Crippen LogP contribution in [0.3, 0.4) is 0 Å². The van der Waals surface area contributed by atoms with Crippen molar-refractivity contribution in [1.29, 1.82) is 0 Å². The minimum absolute atomic E-state index is 0.0629. The summed E-state index contributed by atoms with van der Waals surface area (Å²) in [6.07, 6.45) is 11.1. The number of likely N-dealkylation sites (N-methyl/N-ethyl adjacent to an activating group) is 1. The van der Waals surface area contributed by atoms with Crippen molar-refractivity contribution in [3.63, 3.8) is 0 Å². The Balaban J connectivity index is 1.73. The quantitative estimate of drug-likeness (QED) is 0.373. The lowest BCUT2D eigenvalue weighted by Crippen LogP contribution is -2.30. The number of rotatable bonds is 9. The molecule has 0 radical (unpaired) electrons. The Morgan fingerprint density at radius 1 is 1.20 bits per heavy atom. The molecular formula is C26H28N6O3. The number of nitrogens with zero attached hydrogens (tertiary/aromatic N) is 5. The fourth-order valence-electron chi connectivity index (χ4n) is 4.10. The van der Waals surface area contributed by atoms with Gasteiger partial charge in [-0.1, -0.05) is 6.07 Å². The molecule has 180 valence electrons. The maximum atomic E-state index is 13.0. The molecule has 0 spiro atoms. The number of pyridine rings is 1. The predicted octanol–water partition coefficient (Wildman–Crippen LogP) is 3.74. The largest absolute Gasteiger partial charge is 0.482 e. The van der Waals surface area contributed by atoms with Crippen molar-refractivity contribution in [2.45, 2.75) is 32.3 Å². The number of Topliss-reactive ketones (excluding diaryl/α,β-unsaturated/α-hetero) is 1. The first kappa shape index (κ1) is 24.0. The van der Waals surface area contributed by atoms with Gasteiger partial charge in [-0.05, 0) is 43.5 Å². The first-order chi connectivity index (χ1) is 17.1. The first-order valence-corrected chi connectivity index (χ1v) is 11.6. The van der Waals surface area contributed by atoms with Gasteiger partial charge in [-0.2, -0.15) is 0 Å². The van der Waals surface area contributed by atoms with E-state index in [1.54, 1.807) is 37.9 Å². The summed E-state index contributed by atoms with van der Waals surface area (Å²) in [6, 6.07) is 7.35. The Kier molecular flexibility index (Phi) is 7.77. The maximum Gasteiger partial charge on any atom is 0.275 e. The number of hydrogen-bond donors (Lipinski definition) is 1. The number of carbonyl (C=O) groups excluding carboxylic acids is 2. The standard InChI is InChI=1S/C26H28N6O3/c1-3-32(17-27-2)16-24(18-6-5-11-28-14-18)35-23-10-9-19-20(7-4-8-22(19)33)25(23)31-26(34)21-15-29-12-13-30-21/h5-6,9-15,17,24H,3-4,7-8,16H2,1-2H3,(H,31,34). The molecule has 1 unspecified atom stereocenters. The normalized spacial score (nSPS) is 13.8. The fraction of sp³-hybridized carbons (Fsp3) is 0.308. The molecule has 0 saturated carbocycles. The summed E-state index contributed by atoms with van der Waals surface area (Å²) in [5, 5.41) is 2.95. The van der Waals surface area contributed by atoms with Crippen LogP contribution in [0.4, 0.5) is 5.69 Å². The number of carbonyl (C=O) groups is 2. The summed E-state index contributed by atoms with van der Waals surface area (Å²) in [6.45, 7) is 3.30. The molecule has 0 fully saturated rings. The summed E-state index contributed by atoms with van der Waals surface area (Å²) in [4.78, 5) is 44.1. The predicted molar refractivity (Wildman–Crippen MR) is 133 cm³/mol. The van der Waals surface area contributed by atoms with Crippen molar-refractivity contribution in [2.75, 3.05) is 25.5 Å². The third kappa shape index (κ3) is 5.68. The average Bonchev–Trinajstić information content (AvgIpc) is 2.90. The monoisotopic (exact) mass is 472 g/mol. The second-order valence-electron chi connectivity index (χ2n) is 8.14. The number of anilines is 1. The van der Waals surface area contributed by atoms with Gasteiger partial charge in [0.15, 0.2) is 5.78 Å². The van der Waals surface area contributed by atoms with Crippen LogP contribution >= 0.6 is 0 Å². The highest BCUT2D eigenvalue weighted by molar-refractivity contribution is 6.06. The number of ether oxygens (including phenoxy) is 1. The Morgan fingerprint density at radius 2 is 2.06 bits per heavy atom. The van der Waals surface area contributed by atoms with Gasteiger partial charge in [0.05, 0.1) is 24.8 Å². The van der Waals surface area contributed by atoms with Crippen molar-refractivity contribution in [3.05, 3.63) is 77.6 Å². The molecule has 9 nitrogen and oxygen atoms in total. The number of amides is 1. The zero-order chi connectivity index (χ0) is 24.6. The summed E-state index contributed by atoms with van der Waals surface area (Å²) in [5.41, 5.74) is 2.95. The van der Waals surface area contributed by atoms with Crippen molar-refractivity contribution in [2.24, 2.45) is 4.99 Å². The van der Waals surface area contributed by atoms with Crippen molar-refractivity contribution in [3.8, 4) is 5.75 Å². The summed E-state index contributed by atoms with van der Waals surface area (Å²) in [7, 11) is 1.73. The third-order valence-corrected chi connectivity index (χ3v) is 5.85. The molecule has 0 saturated heterocycles. The van der Waals surface area contributed by atoms with E-state index in [0.29, 0.717) is 42.8 Å². The van der Waals surface area contributed by atoms with E-state index in [9.17, 15) is 9.59 Å². The summed E-state index contributed by atoms with van der Waals surface area (Å²) in [5.74, 6) is 0.127.